The monoisotopic (exact) mass is 451 g/mol. The Morgan fingerprint density at radius 3 is 2.69 bits per heavy atom. The number of esters is 1. The summed E-state index contributed by atoms with van der Waals surface area (Å²) in [5, 5.41) is 2.71. The molecule has 0 spiro atoms. The summed E-state index contributed by atoms with van der Waals surface area (Å²) in [6, 6.07) is 11.5. The SMILES string of the molecule is COC(=O)c1ccc(C(OCCc2cncn2C)c2nccs2)cc1-c1ccc(F)cc1. The van der Waals surface area contributed by atoms with Crippen molar-refractivity contribution < 1.29 is 18.7 Å². The number of thiazole rings is 1. The van der Waals surface area contributed by atoms with Gasteiger partial charge in [0.05, 0.1) is 25.6 Å². The number of hydrogen-bond donors (Lipinski definition) is 0. The Labute approximate surface area is 189 Å². The highest BCUT2D eigenvalue weighted by Crippen LogP contribution is 2.33. The second-order valence-electron chi connectivity index (χ2n) is 7.17. The van der Waals surface area contributed by atoms with Gasteiger partial charge in [-0.1, -0.05) is 18.2 Å². The topological polar surface area (TPSA) is 66.2 Å². The number of aryl methyl sites for hydroxylation is 1. The molecule has 0 aliphatic heterocycles. The Hall–Kier alpha value is -3.36. The third-order valence-corrected chi connectivity index (χ3v) is 5.96. The van der Waals surface area contributed by atoms with Gasteiger partial charge in [-0.05, 0) is 41.0 Å². The molecule has 1 unspecified atom stereocenters. The fourth-order valence-electron chi connectivity index (χ4n) is 3.46. The molecule has 0 aliphatic rings. The van der Waals surface area contributed by atoms with Gasteiger partial charge in [0.1, 0.15) is 16.9 Å². The van der Waals surface area contributed by atoms with Crippen molar-refractivity contribution in [2.24, 2.45) is 7.05 Å². The molecule has 1 atom stereocenters. The first kappa shape index (κ1) is 21.9. The quantitative estimate of drug-likeness (QED) is 0.360. The summed E-state index contributed by atoms with van der Waals surface area (Å²) in [6.07, 6.45) is 5.60. The molecule has 0 N–H and O–H groups in total. The van der Waals surface area contributed by atoms with E-state index in [0.717, 1.165) is 16.3 Å². The lowest BCUT2D eigenvalue weighted by Gasteiger charge is -2.19. The normalized spacial score (nSPS) is 12.0. The molecular weight excluding hydrogens is 429 g/mol. The molecular formula is C24H22FN3O3S. The van der Waals surface area contributed by atoms with Crippen LogP contribution < -0.4 is 0 Å². The lowest BCUT2D eigenvalue weighted by Crippen LogP contribution is -2.11. The Kier molecular flexibility index (Phi) is 6.72. The van der Waals surface area contributed by atoms with E-state index in [1.165, 1.54) is 30.6 Å². The molecule has 4 rings (SSSR count). The van der Waals surface area contributed by atoms with Crippen LogP contribution in [-0.2, 0) is 22.9 Å². The molecule has 6 nitrogen and oxygen atoms in total. The number of ether oxygens (including phenoxy) is 2. The van der Waals surface area contributed by atoms with Crippen molar-refractivity contribution in [1.29, 1.82) is 0 Å². The molecule has 8 heteroatoms. The van der Waals surface area contributed by atoms with Crippen molar-refractivity contribution in [2.75, 3.05) is 13.7 Å². The van der Waals surface area contributed by atoms with Crippen molar-refractivity contribution in [1.82, 2.24) is 14.5 Å². The molecule has 0 aliphatic carbocycles. The molecule has 0 saturated heterocycles. The Balaban J connectivity index is 1.68. The summed E-state index contributed by atoms with van der Waals surface area (Å²) in [6.45, 7) is 0.467. The lowest BCUT2D eigenvalue weighted by atomic mass is 9.95. The average molecular weight is 452 g/mol. The molecule has 0 fully saturated rings. The second-order valence-corrected chi connectivity index (χ2v) is 8.10. The largest absolute Gasteiger partial charge is 0.465 e. The van der Waals surface area contributed by atoms with E-state index in [9.17, 15) is 9.18 Å². The summed E-state index contributed by atoms with van der Waals surface area (Å²) in [4.78, 5) is 21.0. The van der Waals surface area contributed by atoms with Crippen LogP contribution >= 0.6 is 11.3 Å². The van der Waals surface area contributed by atoms with Gasteiger partial charge in [-0.2, -0.15) is 0 Å². The predicted molar refractivity (Wildman–Crippen MR) is 120 cm³/mol. The smallest absolute Gasteiger partial charge is 0.338 e. The van der Waals surface area contributed by atoms with Crippen LogP contribution in [0.15, 0.2) is 66.6 Å². The predicted octanol–water partition coefficient (Wildman–Crippen LogP) is 4.82. The summed E-state index contributed by atoms with van der Waals surface area (Å²) in [5.41, 5.74) is 3.66. The van der Waals surface area contributed by atoms with Crippen molar-refractivity contribution >= 4 is 17.3 Å². The van der Waals surface area contributed by atoms with Gasteiger partial charge in [-0.25, -0.2) is 19.2 Å². The van der Waals surface area contributed by atoms with E-state index in [-0.39, 0.29) is 5.82 Å². The number of carbonyl (C=O) groups excluding carboxylic acids is 1. The van der Waals surface area contributed by atoms with Gasteiger partial charge >= 0.3 is 5.97 Å². The van der Waals surface area contributed by atoms with E-state index in [1.807, 2.05) is 35.3 Å². The zero-order valence-electron chi connectivity index (χ0n) is 17.7. The van der Waals surface area contributed by atoms with E-state index in [2.05, 4.69) is 9.97 Å². The molecule has 32 heavy (non-hydrogen) atoms. The van der Waals surface area contributed by atoms with Gasteiger partial charge in [0.2, 0.25) is 0 Å². The molecule has 2 aromatic carbocycles. The molecule has 2 heterocycles. The Morgan fingerprint density at radius 2 is 2.03 bits per heavy atom. The van der Waals surface area contributed by atoms with Gasteiger partial charge in [0.25, 0.3) is 0 Å². The molecule has 164 valence electrons. The maximum Gasteiger partial charge on any atom is 0.338 e. The first-order valence-electron chi connectivity index (χ1n) is 10.0. The molecule has 2 aromatic heterocycles. The maximum absolute atomic E-state index is 13.5. The number of methoxy groups -OCH3 is 1. The highest BCUT2D eigenvalue weighted by Gasteiger charge is 2.22. The van der Waals surface area contributed by atoms with E-state index in [0.29, 0.717) is 29.7 Å². The van der Waals surface area contributed by atoms with E-state index in [4.69, 9.17) is 9.47 Å². The number of rotatable bonds is 8. The first-order chi connectivity index (χ1) is 15.6. The average Bonchev–Trinajstić information content (AvgIpc) is 3.48. The Morgan fingerprint density at radius 1 is 1.22 bits per heavy atom. The number of imidazole rings is 1. The van der Waals surface area contributed by atoms with E-state index >= 15 is 0 Å². The molecule has 0 bridgehead atoms. The highest BCUT2D eigenvalue weighted by atomic mass is 32.1. The third-order valence-electron chi connectivity index (χ3n) is 5.14. The number of aromatic nitrogens is 3. The van der Waals surface area contributed by atoms with Crippen LogP contribution in [0.3, 0.4) is 0 Å². The number of benzene rings is 2. The minimum atomic E-state index is -0.459. The van der Waals surface area contributed by atoms with Gasteiger partial charge in [0, 0.05) is 36.9 Å². The van der Waals surface area contributed by atoms with Gasteiger partial charge in [0.15, 0.2) is 0 Å². The fraction of sp³-hybridized carbons (Fsp3) is 0.208. The summed E-state index contributed by atoms with van der Waals surface area (Å²) in [5.74, 6) is -0.803. The van der Waals surface area contributed by atoms with Crippen LogP contribution in [0.4, 0.5) is 4.39 Å². The first-order valence-corrected chi connectivity index (χ1v) is 10.9. The summed E-state index contributed by atoms with van der Waals surface area (Å²) in [7, 11) is 3.28. The molecule has 0 amide bonds. The van der Waals surface area contributed by atoms with Crippen LogP contribution in [-0.4, -0.2) is 34.2 Å². The number of nitrogens with zero attached hydrogens (tertiary/aromatic N) is 3. The molecule has 0 radical (unpaired) electrons. The maximum atomic E-state index is 13.5. The van der Waals surface area contributed by atoms with Gasteiger partial charge in [-0.15, -0.1) is 11.3 Å². The lowest BCUT2D eigenvalue weighted by molar-refractivity contribution is 0.0601. The van der Waals surface area contributed by atoms with E-state index < -0.39 is 12.1 Å². The minimum Gasteiger partial charge on any atom is -0.465 e. The number of carbonyl (C=O) groups is 1. The van der Waals surface area contributed by atoms with Crippen molar-refractivity contribution in [3.05, 3.63) is 94.2 Å². The second kappa shape index (κ2) is 9.84. The van der Waals surface area contributed by atoms with E-state index in [1.54, 1.807) is 30.7 Å². The summed E-state index contributed by atoms with van der Waals surface area (Å²) >= 11 is 1.50. The molecule has 4 aromatic rings. The number of halogens is 1. The zero-order valence-corrected chi connectivity index (χ0v) is 18.5. The van der Waals surface area contributed by atoms with Crippen LogP contribution in [0, 0.1) is 5.82 Å². The van der Waals surface area contributed by atoms with Gasteiger partial charge < -0.3 is 14.0 Å². The third kappa shape index (κ3) is 4.76. The van der Waals surface area contributed by atoms with Crippen molar-refractivity contribution in [2.45, 2.75) is 12.5 Å². The molecule has 0 saturated carbocycles. The summed E-state index contributed by atoms with van der Waals surface area (Å²) < 4.78 is 26.7. The zero-order chi connectivity index (χ0) is 22.5. The standard InChI is InChI=1S/C24H22FN3O3S/c1-28-15-26-14-19(28)9-11-31-22(23-27-10-12-32-23)17-5-8-20(24(29)30-2)21(13-17)16-3-6-18(25)7-4-16/h3-8,10,12-15,22H,9,11H2,1-2H3. The fourth-order valence-corrected chi connectivity index (χ4v) is 4.17. The number of hydrogen-bond acceptors (Lipinski definition) is 6. The minimum absolute atomic E-state index is 0.344. The van der Waals surface area contributed by atoms with Crippen LogP contribution in [0.1, 0.15) is 32.7 Å². The van der Waals surface area contributed by atoms with Crippen molar-refractivity contribution in [3.8, 4) is 11.1 Å². The Bertz CT molecular complexity index is 1190. The highest BCUT2D eigenvalue weighted by molar-refractivity contribution is 7.09. The van der Waals surface area contributed by atoms with Crippen LogP contribution in [0.2, 0.25) is 0 Å². The van der Waals surface area contributed by atoms with Crippen LogP contribution in [0.25, 0.3) is 11.1 Å². The van der Waals surface area contributed by atoms with Gasteiger partial charge in [-0.3, -0.25) is 0 Å². The van der Waals surface area contributed by atoms with Crippen LogP contribution in [0.5, 0.6) is 0 Å². The van der Waals surface area contributed by atoms with Crippen molar-refractivity contribution in [3.63, 3.8) is 0 Å².